The second-order valence-corrected chi connectivity index (χ2v) is 5.35. The Bertz CT molecular complexity index is 493. The molecule has 0 saturated carbocycles. The van der Waals surface area contributed by atoms with Gasteiger partial charge in [-0.1, -0.05) is 0 Å². The van der Waals surface area contributed by atoms with Crippen molar-refractivity contribution in [2.75, 3.05) is 18.4 Å². The molecule has 0 spiro atoms. The van der Waals surface area contributed by atoms with Gasteiger partial charge in [0, 0.05) is 25.7 Å². The van der Waals surface area contributed by atoms with Crippen molar-refractivity contribution in [2.45, 2.75) is 39.2 Å². The Hall–Kier alpha value is -2.04. The second-order valence-electron chi connectivity index (χ2n) is 5.35. The molecule has 0 radical (unpaired) electrons. The van der Waals surface area contributed by atoms with Crippen molar-refractivity contribution in [3.63, 3.8) is 0 Å². The van der Waals surface area contributed by atoms with E-state index in [-0.39, 0.29) is 11.8 Å². The lowest BCUT2D eigenvalue weighted by atomic mass is 10.1. The zero-order valence-electron chi connectivity index (χ0n) is 12.6. The average molecular weight is 290 g/mol. The molecule has 21 heavy (non-hydrogen) atoms. The Kier molecular flexibility index (Phi) is 5.20. The van der Waals surface area contributed by atoms with Crippen molar-refractivity contribution >= 4 is 17.5 Å². The van der Waals surface area contributed by atoms with Gasteiger partial charge in [0.2, 0.25) is 5.91 Å². The summed E-state index contributed by atoms with van der Waals surface area (Å²) in [6.45, 7) is 4.89. The highest BCUT2D eigenvalue weighted by atomic mass is 16.5. The van der Waals surface area contributed by atoms with Crippen LogP contribution in [0.3, 0.4) is 0 Å². The highest BCUT2D eigenvalue weighted by molar-refractivity contribution is 5.88. The maximum Gasteiger partial charge on any atom is 0.263 e. The van der Waals surface area contributed by atoms with Crippen LogP contribution in [0.1, 0.15) is 33.1 Å². The molecule has 1 atom stereocenters. The molecule has 0 bridgehead atoms. The predicted molar refractivity (Wildman–Crippen MR) is 81.3 cm³/mol. The molecule has 2 amide bonds. The van der Waals surface area contributed by atoms with E-state index in [4.69, 9.17) is 4.74 Å². The standard InChI is InChI=1S/C16H22N2O3/c1-12(16(20)18-10-4-3-5-11-18)21-15-8-6-14(7-9-15)17-13(2)19/h6-9,12H,3-5,10-11H2,1-2H3,(H,17,19)/t12-/m1/s1. The van der Waals surface area contributed by atoms with E-state index in [1.807, 2.05) is 4.90 Å². The van der Waals surface area contributed by atoms with Gasteiger partial charge in [-0.05, 0) is 50.5 Å². The number of hydrogen-bond donors (Lipinski definition) is 1. The third-order valence-corrected chi connectivity index (χ3v) is 3.50. The molecule has 1 aromatic carbocycles. The molecule has 0 aliphatic carbocycles. The average Bonchev–Trinajstić information content (AvgIpc) is 2.49. The minimum atomic E-state index is -0.491. The second kappa shape index (κ2) is 7.11. The zero-order chi connectivity index (χ0) is 15.2. The fourth-order valence-corrected chi connectivity index (χ4v) is 2.45. The summed E-state index contributed by atoms with van der Waals surface area (Å²) >= 11 is 0. The number of nitrogens with zero attached hydrogens (tertiary/aromatic N) is 1. The molecule has 5 nitrogen and oxygen atoms in total. The van der Waals surface area contributed by atoms with Gasteiger partial charge in [0.25, 0.3) is 5.91 Å². The minimum absolute atomic E-state index is 0.0423. The molecule has 1 aliphatic rings. The first-order valence-electron chi connectivity index (χ1n) is 7.39. The van der Waals surface area contributed by atoms with E-state index in [2.05, 4.69) is 5.32 Å². The molecule has 1 fully saturated rings. The van der Waals surface area contributed by atoms with Crippen LogP contribution in [0.25, 0.3) is 0 Å². The van der Waals surface area contributed by atoms with Gasteiger partial charge in [0.1, 0.15) is 5.75 Å². The third-order valence-electron chi connectivity index (χ3n) is 3.50. The van der Waals surface area contributed by atoms with Crippen LogP contribution in [0.2, 0.25) is 0 Å². The van der Waals surface area contributed by atoms with Gasteiger partial charge in [-0.2, -0.15) is 0 Å². The van der Waals surface area contributed by atoms with Crippen LogP contribution < -0.4 is 10.1 Å². The lowest BCUT2D eigenvalue weighted by Crippen LogP contribution is -2.43. The van der Waals surface area contributed by atoms with Crippen LogP contribution in [-0.4, -0.2) is 35.9 Å². The molecule has 1 aliphatic heterocycles. The number of hydrogen-bond acceptors (Lipinski definition) is 3. The van der Waals surface area contributed by atoms with E-state index in [0.29, 0.717) is 11.4 Å². The maximum atomic E-state index is 12.3. The van der Waals surface area contributed by atoms with Gasteiger partial charge in [-0.25, -0.2) is 0 Å². The van der Waals surface area contributed by atoms with E-state index >= 15 is 0 Å². The van der Waals surface area contributed by atoms with Gasteiger partial charge in [-0.3, -0.25) is 9.59 Å². The van der Waals surface area contributed by atoms with Crippen molar-refractivity contribution in [2.24, 2.45) is 0 Å². The Labute approximate surface area is 125 Å². The summed E-state index contributed by atoms with van der Waals surface area (Å²) < 4.78 is 5.69. The number of anilines is 1. The first-order chi connectivity index (χ1) is 10.1. The Balaban J connectivity index is 1.90. The molecule has 2 rings (SSSR count). The quantitative estimate of drug-likeness (QED) is 0.926. The largest absolute Gasteiger partial charge is 0.481 e. The highest BCUT2D eigenvalue weighted by Crippen LogP contribution is 2.18. The number of piperidine rings is 1. The van der Waals surface area contributed by atoms with Crippen molar-refractivity contribution in [3.05, 3.63) is 24.3 Å². The van der Waals surface area contributed by atoms with E-state index < -0.39 is 6.10 Å². The molecule has 5 heteroatoms. The number of benzene rings is 1. The number of rotatable bonds is 4. The van der Waals surface area contributed by atoms with Crippen molar-refractivity contribution < 1.29 is 14.3 Å². The summed E-state index contributed by atoms with van der Waals surface area (Å²) in [7, 11) is 0. The summed E-state index contributed by atoms with van der Waals surface area (Å²) in [5.74, 6) is 0.555. The molecule has 1 heterocycles. The van der Waals surface area contributed by atoms with Crippen LogP contribution in [0.5, 0.6) is 5.75 Å². The molecule has 1 aromatic rings. The summed E-state index contributed by atoms with van der Waals surface area (Å²) in [5, 5.41) is 2.69. The van der Waals surface area contributed by atoms with Crippen molar-refractivity contribution in [3.8, 4) is 5.75 Å². The molecule has 0 aromatic heterocycles. The molecular weight excluding hydrogens is 268 g/mol. The van der Waals surface area contributed by atoms with Crippen LogP contribution in [0.4, 0.5) is 5.69 Å². The normalized spacial score (nSPS) is 16.2. The van der Waals surface area contributed by atoms with Gasteiger partial charge >= 0.3 is 0 Å². The molecule has 1 N–H and O–H groups in total. The van der Waals surface area contributed by atoms with Gasteiger partial charge in [0.15, 0.2) is 6.10 Å². The first kappa shape index (κ1) is 15.4. The number of carbonyl (C=O) groups excluding carboxylic acids is 2. The topological polar surface area (TPSA) is 58.6 Å². The summed E-state index contributed by atoms with van der Waals surface area (Å²) in [6.07, 6.45) is 2.85. The van der Waals surface area contributed by atoms with Gasteiger partial charge in [0.05, 0.1) is 0 Å². The summed E-state index contributed by atoms with van der Waals surface area (Å²) in [5.41, 5.74) is 0.713. The minimum Gasteiger partial charge on any atom is -0.481 e. The van der Waals surface area contributed by atoms with E-state index in [1.54, 1.807) is 31.2 Å². The molecule has 1 saturated heterocycles. The highest BCUT2D eigenvalue weighted by Gasteiger charge is 2.23. The van der Waals surface area contributed by atoms with E-state index in [9.17, 15) is 9.59 Å². The maximum absolute atomic E-state index is 12.3. The molecular formula is C16H22N2O3. The smallest absolute Gasteiger partial charge is 0.263 e. The van der Waals surface area contributed by atoms with Crippen LogP contribution in [0, 0.1) is 0 Å². The van der Waals surface area contributed by atoms with Crippen LogP contribution in [0.15, 0.2) is 24.3 Å². The lowest BCUT2D eigenvalue weighted by molar-refractivity contribution is -0.138. The molecule has 0 unspecified atom stereocenters. The van der Waals surface area contributed by atoms with Gasteiger partial charge < -0.3 is 15.0 Å². The van der Waals surface area contributed by atoms with E-state index in [1.165, 1.54) is 13.3 Å². The summed E-state index contributed by atoms with van der Waals surface area (Å²) in [6, 6.07) is 7.03. The first-order valence-corrected chi connectivity index (χ1v) is 7.39. The monoisotopic (exact) mass is 290 g/mol. The number of carbonyl (C=O) groups is 2. The van der Waals surface area contributed by atoms with Crippen LogP contribution in [-0.2, 0) is 9.59 Å². The Morgan fingerprint density at radius 1 is 1.14 bits per heavy atom. The Morgan fingerprint density at radius 2 is 1.76 bits per heavy atom. The summed E-state index contributed by atoms with van der Waals surface area (Å²) in [4.78, 5) is 25.1. The van der Waals surface area contributed by atoms with Crippen molar-refractivity contribution in [1.29, 1.82) is 0 Å². The van der Waals surface area contributed by atoms with Crippen LogP contribution >= 0.6 is 0 Å². The predicted octanol–water partition coefficient (Wildman–Crippen LogP) is 2.42. The fraction of sp³-hybridized carbons (Fsp3) is 0.500. The van der Waals surface area contributed by atoms with Gasteiger partial charge in [-0.15, -0.1) is 0 Å². The van der Waals surface area contributed by atoms with Crippen molar-refractivity contribution in [1.82, 2.24) is 4.90 Å². The zero-order valence-corrected chi connectivity index (χ0v) is 12.6. The van der Waals surface area contributed by atoms with E-state index in [0.717, 1.165) is 25.9 Å². The third kappa shape index (κ3) is 4.48. The number of ether oxygens (including phenoxy) is 1. The molecule has 114 valence electrons. The number of amides is 2. The lowest BCUT2D eigenvalue weighted by Gasteiger charge is -2.29. The number of likely N-dealkylation sites (tertiary alicyclic amines) is 1. The number of nitrogens with one attached hydrogen (secondary N) is 1. The SMILES string of the molecule is CC(=O)Nc1ccc(O[C@H](C)C(=O)N2CCCCC2)cc1. The Morgan fingerprint density at radius 3 is 2.33 bits per heavy atom. The fourth-order valence-electron chi connectivity index (χ4n) is 2.45.